The molecule has 0 bridgehead atoms. The van der Waals surface area contributed by atoms with E-state index in [9.17, 15) is 9.59 Å². The van der Waals surface area contributed by atoms with Crippen molar-refractivity contribution in [3.05, 3.63) is 57.3 Å². The molecule has 0 N–H and O–H groups in total. The van der Waals surface area contributed by atoms with Crippen LogP contribution in [0.4, 0.5) is 0 Å². The number of ketones is 1. The van der Waals surface area contributed by atoms with Crippen molar-refractivity contribution in [1.82, 2.24) is 0 Å². The lowest BCUT2D eigenvalue weighted by Crippen LogP contribution is -2.25. The summed E-state index contributed by atoms with van der Waals surface area (Å²) in [5.41, 5.74) is 1.73. The molecule has 1 saturated heterocycles. The number of hydrogen-bond acceptors (Lipinski definition) is 6. The van der Waals surface area contributed by atoms with Gasteiger partial charge in [0.1, 0.15) is 17.2 Å². The van der Waals surface area contributed by atoms with E-state index in [1.807, 2.05) is 12.1 Å². The largest absolute Gasteiger partial charge is 0.496 e. The van der Waals surface area contributed by atoms with E-state index >= 15 is 0 Å². The number of allylic oxidation sites excluding steroid dienone is 1. The highest BCUT2D eigenvalue weighted by atomic mass is 79.9. The molecule has 2 aliphatic heterocycles. The fourth-order valence-corrected chi connectivity index (χ4v) is 3.75. The van der Waals surface area contributed by atoms with Crippen molar-refractivity contribution in [1.29, 1.82) is 0 Å². The van der Waals surface area contributed by atoms with Crippen molar-refractivity contribution in [2.24, 2.45) is 0 Å². The van der Waals surface area contributed by atoms with Gasteiger partial charge in [-0.25, -0.2) is 4.79 Å². The SMILES string of the molecule is COc1ccc(Br)cc1/C=C1\Oc2c(ccc(OC(=O)C3CCCO3)c2C)C1=O. The van der Waals surface area contributed by atoms with Crippen LogP contribution in [-0.4, -0.2) is 31.6 Å². The van der Waals surface area contributed by atoms with Crippen LogP contribution in [0, 0.1) is 6.92 Å². The molecule has 150 valence electrons. The number of rotatable bonds is 4. The molecule has 1 unspecified atom stereocenters. The minimum Gasteiger partial charge on any atom is -0.496 e. The third-order valence-electron chi connectivity index (χ3n) is 4.92. The summed E-state index contributed by atoms with van der Waals surface area (Å²) < 4.78 is 22.9. The third kappa shape index (κ3) is 3.80. The lowest BCUT2D eigenvalue weighted by Gasteiger charge is -2.12. The van der Waals surface area contributed by atoms with Crippen molar-refractivity contribution in [3.63, 3.8) is 0 Å². The number of carbonyl (C=O) groups is 2. The zero-order valence-electron chi connectivity index (χ0n) is 16.0. The number of methoxy groups -OCH3 is 1. The molecule has 2 aromatic rings. The lowest BCUT2D eigenvalue weighted by molar-refractivity contribution is -0.144. The predicted octanol–water partition coefficient (Wildman–Crippen LogP) is 4.47. The highest BCUT2D eigenvalue weighted by Crippen LogP contribution is 2.40. The number of hydrogen-bond donors (Lipinski definition) is 0. The second kappa shape index (κ2) is 8.00. The Morgan fingerprint density at radius 3 is 2.76 bits per heavy atom. The topological polar surface area (TPSA) is 71.1 Å². The second-order valence-electron chi connectivity index (χ2n) is 6.81. The number of benzene rings is 2. The van der Waals surface area contributed by atoms with Gasteiger partial charge in [0, 0.05) is 22.2 Å². The molecule has 2 aromatic carbocycles. The van der Waals surface area contributed by atoms with Gasteiger partial charge in [-0.3, -0.25) is 4.79 Å². The maximum Gasteiger partial charge on any atom is 0.340 e. The first-order valence-electron chi connectivity index (χ1n) is 9.22. The Bertz CT molecular complexity index is 1020. The predicted molar refractivity (Wildman–Crippen MR) is 109 cm³/mol. The average Bonchev–Trinajstić information content (AvgIpc) is 3.34. The van der Waals surface area contributed by atoms with E-state index in [0.717, 1.165) is 10.9 Å². The maximum atomic E-state index is 12.8. The standard InChI is InChI=1S/C22H19BrO6/c1-12-16(29-22(25)18-4-3-9-27-18)8-6-15-20(24)19(28-21(12)15)11-13-10-14(23)5-7-17(13)26-2/h5-8,10-11,18H,3-4,9H2,1-2H3/b19-11-. The summed E-state index contributed by atoms with van der Waals surface area (Å²) in [5, 5.41) is 0. The molecule has 0 saturated carbocycles. The van der Waals surface area contributed by atoms with Gasteiger partial charge in [0.25, 0.3) is 0 Å². The highest BCUT2D eigenvalue weighted by molar-refractivity contribution is 9.10. The van der Waals surface area contributed by atoms with E-state index < -0.39 is 12.1 Å². The van der Waals surface area contributed by atoms with E-state index in [1.54, 1.807) is 38.3 Å². The monoisotopic (exact) mass is 458 g/mol. The molecule has 1 fully saturated rings. The Morgan fingerprint density at radius 2 is 2.03 bits per heavy atom. The van der Waals surface area contributed by atoms with Gasteiger partial charge < -0.3 is 18.9 Å². The molecule has 0 amide bonds. The van der Waals surface area contributed by atoms with Crippen LogP contribution in [0.3, 0.4) is 0 Å². The fourth-order valence-electron chi connectivity index (χ4n) is 3.38. The van der Waals surface area contributed by atoms with Crippen LogP contribution < -0.4 is 14.2 Å². The Hall–Kier alpha value is -2.64. The summed E-state index contributed by atoms with van der Waals surface area (Å²) in [6.07, 6.45) is 2.60. The molecule has 0 aromatic heterocycles. The first-order valence-corrected chi connectivity index (χ1v) is 10.0. The molecule has 6 nitrogen and oxygen atoms in total. The minimum atomic E-state index is -0.537. The van der Waals surface area contributed by atoms with Crippen molar-refractivity contribution >= 4 is 33.8 Å². The van der Waals surface area contributed by atoms with Gasteiger partial charge in [-0.2, -0.15) is 0 Å². The van der Waals surface area contributed by atoms with Crippen molar-refractivity contribution in [2.45, 2.75) is 25.9 Å². The molecular weight excluding hydrogens is 440 g/mol. The van der Waals surface area contributed by atoms with E-state index in [4.69, 9.17) is 18.9 Å². The summed E-state index contributed by atoms with van der Waals surface area (Å²) in [5.74, 6) is 0.899. The average molecular weight is 459 g/mol. The van der Waals surface area contributed by atoms with Crippen LogP contribution >= 0.6 is 15.9 Å². The number of Topliss-reactive ketones (excluding diaryl/α,β-unsaturated/α-hetero) is 1. The number of halogens is 1. The van der Waals surface area contributed by atoms with E-state index in [1.165, 1.54) is 0 Å². The Kier molecular flexibility index (Phi) is 5.43. The van der Waals surface area contributed by atoms with Gasteiger partial charge in [-0.1, -0.05) is 15.9 Å². The smallest absolute Gasteiger partial charge is 0.340 e. The van der Waals surface area contributed by atoms with E-state index in [-0.39, 0.29) is 11.5 Å². The number of carbonyl (C=O) groups excluding carboxylic acids is 2. The van der Waals surface area contributed by atoms with Gasteiger partial charge >= 0.3 is 5.97 Å². The molecule has 7 heteroatoms. The molecule has 1 atom stereocenters. The minimum absolute atomic E-state index is 0.183. The molecule has 0 aliphatic carbocycles. The molecular formula is C22H19BrO6. The normalized spacial score (nSPS) is 19.2. The molecule has 29 heavy (non-hydrogen) atoms. The van der Waals surface area contributed by atoms with Crippen LogP contribution in [0.5, 0.6) is 17.2 Å². The highest BCUT2D eigenvalue weighted by Gasteiger charge is 2.32. The number of ether oxygens (including phenoxy) is 4. The fraction of sp³-hybridized carbons (Fsp3) is 0.273. The third-order valence-corrected chi connectivity index (χ3v) is 5.41. The zero-order chi connectivity index (χ0) is 20.5. The summed E-state index contributed by atoms with van der Waals surface area (Å²) in [6, 6.07) is 8.72. The lowest BCUT2D eigenvalue weighted by atomic mass is 10.1. The van der Waals surface area contributed by atoms with E-state index in [2.05, 4.69) is 15.9 Å². The van der Waals surface area contributed by atoms with Gasteiger partial charge in [-0.05, 0) is 56.2 Å². The summed E-state index contributed by atoms with van der Waals surface area (Å²) in [4.78, 5) is 25.1. The Labute approximate surface area is 176 Å². The summed E-state index contributed by atoms with van der Waals surface area (Å²) in [6.45, 7) is 2.32. The first kappa shape index (κ1) is 19.7. The van der Waals surface area contributed by atoms with Crippen molar-refractivity contribution in [3.8, 4) is 17.2 Å². The van der Waals surface area contributed by atoms with Crippen LogP contribution in [0.25, 0.3) is 6.08 Å². The Balaban J connectivity index is 1.62. The quantitative estimate of drug-likeness (QED) is 0.382. The van der Waals surface area contributed by atoms with Crippen LogP contribution in [0.1, 0.15) is 34.3 Å². The molecule has 4 rings (SSSR count). The molecule has 2 aliphatic rings. The summed E-state index contributed by atoms with van der Waals surface area (Å²) in [7, 11) is 1.57. The maximum absolute atomic E-state index is 12.8. The van der Waals surface area contributed by atoms with Gasteiger partial charge in [0.05, 0.1) is 12.7 Å². The molecule has 2 heterocycles. The van der Waals surface area contributed by atoms with Crippen LogP contribution in [-0.2, 0) is 9.53 Å². The van der Waals surface area contributed by atoms with Gasteiger partial charge in [-0.15, -0.1) is 0 Å². The molecule has 0 spiro atoms. The first-order chi connectivity index (χ1) is 14.0. The summed E-state index contributed by atoms with van der Waals surface area (Å²) >= 11 is 3.42. The van der Waals surface area contributed by atoms with Gasteiger partial charge in [0.2, 0.25) is 5.78 Å². The number of esters is 1. The van der Waals surface area contributed by atoms with Gasteiger partial charge in [0.15, 0.2) is 11.9 Å². The van der Waals surface area contributed by atoms with E-state index in [0.29, 0.717) is 47.0 Å². The Morgan fingerprint density at radius 1 is 1.24 bits per heavy atom. The zero-order valence-corrected chi connectivity index (χ0v) is 17.6. The van der Waals surface area contributed by atoms with Crippen molar-refractivity contribution < 1.29 is 28.5 Å². The number of fused-ring (bicyclic) bond motifs is 1. The van der Waals surface area contributed by atoms with Crippen LogP contribution in [0.15, 0.2) is 40.6 Å². The van der Waals surface area contributed by atoms with Crippen molar-refractivity contribution in [2.75, 3.05) is 13.7 Å². The second-order valence-corrected chi connectivity index (χ2v) is 7.73. The molecule has 0 radical (unpaired) electrons. The van der Waals surface area contributed by atoms with Crippen LogP contribution in [0.2, 0.25) is 0 Å².